The van der Waals surface area contributed by atoms with Crippen LogP contribution < -0.4 is 20.5 Å². The van der Waals surface area contributed by atoms with Gasteiger partial charge in [0.25, 0.3) is 0 Å². The highest BCUT2D eigenvalue weighted by molar-refractivity contribution is 5.72. The highest BCUT2D eigenvalue weighted by atomic mass is 16.6. The zero-order valence-corrected chi connectivity index (χ0v) is 10.8. The Hall–Kier alpha value is -1.62. The largest absolute Gasteiger partial charge is 0.486 e. The molecule has 0 spiro atoms. The van der Waals surface area contributed by atoms with Crippen LogP contribution in [0.5, 0.6) is 11.5 Å². The molecule has 1 aliphatic rings. The van der Waals surface area contributed by atoms with Crippen LogP contribution in [0, 0.1) is 5.92 Å². The Morgan fingerprint density at radius 1 is 1.28 bits per heavy atom. The van der Waals surface area contributed by atoms with E-state index in [2.05, 4.69) is 5.32 Å². The fourth-order valence-electron chi connectivity index (χ4n) is 1.71. The molecular weight excluding hydrogens is 232 g/mol. The van der Waals surface area contributed by atoms with Gasteiger partial charge in [0.2, 0.25) is 0 Å². The van der Waals surface area contributed by atoms with Gasteiger partial charge in [0.15, 0.2) is 11.5 Å². The van der Waals surface area contributed by atoms with Crippen LogP contribution in [-0.4, -0.2) is 31.0 Å². The molecule has 1 aromatic carbocycles. The summed E-state index contributed by atoms with van der Waals surface area (Å²) in [5, 5.41) is 12.9. The molecule has 5 nitrogen and oxygen atoms in total. The third-order valence-corrected chi connectivity index (χ3v) is 2.99. The standard InChI is InChI=1S/C13H20N2O3/c1-8(2)11(16)7-15-10-6-13-12(5-9(10)14)17-3-4-18-13/h5-6,8,11,15-16H,3-4,7,14H2,1-2H3. The number of benzene rings is 1. The predicted molar refractivity (Wildman–Crippen MR) is 71.2 cm³/mol. The van der Waals surface area contributed by atoms with E-state index in [-0.39, 0.29) is 5.92 Å². The van der Waals surface area contributed by atoms with Crippen molar-refractivity contribution in [3.63, 3.8) is 0 Å². The van der Waals surface area contributed by atoms with E-state index in [4.69, 9.17) is 15.2 Å². The third kappa shape index (κ3) is 2.79. The molecule has 100 valence electrons. The van der Waals surface area contributed by atoms with Gasteiger partial charge in [-0.1, -0.05) is 13.8 Å². The second-order valence-electron chi connectivity index (χ2n) is 4.78. The number of hydrogen-bond donors (Lipinski definition) is 3. The molecular formula is C13H20N2O3. The Balaban J connectivity index is 2.08. The zero-order chi connectivity index (χ0) is 13.1. The Morgan fingerprint density at radius 2 is 1.89 bits per heavy atom. The fraction of sp³-hybridized carbons (Fsp3) is 0.538. The second-order valence-corrected chi connectivity index (χ2v) is 4.78. The topological polar surface area (TPSA) is 76.7 Å². The Labute approximate surface area is 107 Å². The number of aliphatic hydroxyl groups excluding tert-OH is 1. The molecule has 0 bridgehead atoms. The summed E-state index contributed by atoms with van der Waals surface area (Å²) in [5.41, 5.74) is 7.28. The van der Waals surface area contributed by atoms with Crippen molar-refractivity contribution in [2.45, 2.75) is 20.0 Å². The number of nitrogen functional groups attached to an aromatic ring is 1. The average molecular weight is 252 g/mol. The molecule has 0 aliphatic carbocycles. The first-order valence-corrected chi connectivity index (χ1v) is 6.19. The van der Waals surface area contributed by atoms with Crippen LogP contribution >= 0.6 is 0 Å². The normalized spacial score (nSPS) is 15.6. The summed E-state index contributed by atoms with van der Waals surface area (Å²) in [7, 11) is 0. The smallest absolute Gasteiger partial charge is 0.163 e. The lowest BCUT2D eigenvalue weighted by Crippen LogP contribution is -2.25. The Kier molecular flexibility index (Phi) is 3.81. The average Bonchev–Trinajstić information content (AvgIpc) is 2.35. The van der Waals surface area contributed by atoms with Crippen molar-refractivity contribution in [3.05, 3.63) is 12.1 Å². The molecule has 0 fully saturated rings. The first kappa shape index (κ1) is 12.8. The number of anilines is 2. The van der Waals surface area contributed by atoms with Crippen molar-refractivity contribution in [2.24, 2.45) is 5.92 Å². The lowest BCUT2D eigenvalue weighted by molar-refractivity contribution is 0.138. The van der Waals surface area contributed by atoms with Gasteiger partial charge >= 0.3 is 0 Å². The first-order chi connectivity index (χ1) is 8.58. The summed E-state index contributed by atoms with van der Waals surface area (Å²) < 4.78 is 10.9. The van der Waals surface area contributed by atoms with E-state index in [1.165, 1.54) is 0 Å². The van der Waals surface area contributed by atoms with Crippen LogP contribution in [0.1, 0.15) is 13.8 Å². The van der Waals surface area contributed by atoms with Crippen LogP contribution in [0.4, 0.5) is 11.4 Å². The number of hydrogen-bond acceptors (Lipinski definition) is 5. The second kappa shape index (κ2) is 5.35. The van der Waals surface area contributed by atoms with Gasteiger partial charge in [-0.3, -0.25) is 0 Å². The zero-order valence-electron chi connectivity index (χ0n) is 10.8. The highest BCUT2D eigenvalue weighted by Gasteiger charge is 2.15. The van der Waals surface area contributed by atoms with Gasteiger partial charge in [0.1, 0.15) is 13.2 Å². The minimum Gasteiger partial charge on any atom is -0.486 e. The number of rotatable bonds is 4. The maximum atomic E-state index is 9.76. The molecule has 1 unspecified atom stereocenters. The molecule has 1 aliphatic heterocycles. The van der Waals surface area contributed by atoms with Gasteiger partial charge in [-0.25, -0.2) is 0 Å². The van der Waals surface area contributed by atoms with E-state index in [1.54, 1.807) is 6.07 Å². The van der Waals surface area contributed by atoms with Crippen molar-refractivity contribution in [1.82, 2.24) is 0 Å². The number of fused-ring (bicyclic) bond motifs is 1. The summed E-state index contributed by atoms with van der Waals surface area (Å²) in [5.74, 6) is 1.57. The molecule has 4 N–H and O–H groups in total. The van der Waals surface area contributed by atoms with E-state index in [9.17, 15) is 5.11 Å². The van der Waals surface area contributed by atoms with Crippen LogP contribution in [-0.2, 0) is 0 Å². The molecule has 0 saturated carbocycles. The van der Waals surface area contributed by atoms with E-state index >= 15 is 0 Å². The van der Waals surface area contributed by atoms with Crippen LogP contribution in [0.25, 0.3) is 0 Å². The summed E-state index contributed by atoms with van der Waals surface area (Å²) in [4.78, 5) is 0. The summed E-state index contributed by atoms with van der Waals surface area (Å²) in [6.07, 6.45) is -0.405. The molecule has 0 radical (unpaired) electrons. The van der Waals surface area contributed by atoms with Crippen LogP contribution in [0.15, 0.2) is 12.1 Å². The summed E-state index contributed by atoms with van der Waals surface area (Å²) in [6.45, 7) is 5.50. The van der Waals surface area contributed by atoms with Gasteiger partial charge in [0, 0.05) is 18.7 Å². The minimum absolute atomic E-state index is 0.205. The fourth-order valence-corrected chi connectivity index (χ4v) is 1.71. The van der Waals surface area contributed by atoms with Crippen molar-refractivity contribution >= 4 is 11.4 Å². The van der Waals surface area contributed by atoms with Gasteiger partial charge in [-0.05, 0) is 5.92 Å². The lowest BCUT2D eigenvalue weighted by Gasteiger charge is -2.21. The molecule has 1 atom stereocenters. The quantitative estimate of drug-likeness (QED) is 0.707. The monoisotopic (exact) mass is 252 g/mol. The molecule has 0 aromatic heterocycles. The van der Waals surface area contributed by atoms with E-state index in [0.29, 0.717) is 36.9 Å². The Bertz CT molecular complexity index is 421. The van der Waals surface area contributed by atoms with Crippen molar-refractivity contribution in [2.75, 3.05) is 30.8 Å². The van der Waals surface area contributed by atoms with Gasteiger partial charge in [-0.2, -0.15) is 0 Å². The predicted octanol–water partition coefficient (Wildman–Crippen LogP) is 1.47. The molecule has 0 saturated heterocycles. The first-order valence-electron chi connectivity index (χ1n) is 6.19. The van der Waals surface area contributed by atoms with Crippen LogP contribution in [0.3, 0.4) is 0 Å². The van der Waals surface area contributed by atoms with E-state index in [1.807, 2.05) is 19.9 Å². The number of aliphatic hydroxyl groups is 1. The minimum atomic E-state index is -0.405. The molecule has 2 rings (SSSR count). The summed E-state index contributed by atoms with van der Waals surface area (Å²) in [6, 6.07) is 3.56. The van der Waals surface area contributed by atoms with E-state index in [0.717, 1.165) is 5.69 Å². The van der Waals surface area contributed by atoms with Gasteiger partial charge in [-0.15, -0.1) is 0 Å². The molecule has 1 heterocycles. The molecule has 0 amide bonds. The number of nitrogens with one attached hydrogen (secondary N) is 1. The number of nitrogens with two attached hydrogens (primary N) is 1. The third-order valence-electron chi connectivity index (χ3n) is 2.99. The lowest BCUT2D eigenvalue weighted by atomic mass is 10.1. The molecule has 1 aromatic rings. The number of ether oxygens (including phenoxy) is 2. The highest BCUT2D eigenvalue weighted by Crippen LogP contribution is 2.36. The van der Waals surface area contributed by atoms with Gasteiger partial charge in [0.05, 0.1) is 17.5 Å². The van der Waals surface area contributed by atoms with Crippen LogP contribution in [0.2, 0.25) is 0 Å². The van der Waals surface area contributed by atoms with Crippen molar-refractivity contribution < 1.29 is 14.6 Å². The van der Waals surface area contributed by atoms with E-state index < -0.39 is 6.10 Å². The molecule has 18 heavy (non-hydrogen) atoms. The summed E-state index contributed by atoms with van der Waals surface area (Å²) >= 11 is 0. The van der Waals surface area contributed by atoms with Crippen molar-refractivity contribution in [1.29, 1.82) is 0 Å². The molecule has 5 heteroatoms. The van der Waals surface area contributed by atoms with Gasteiger partial charge < -0.3 is 25.6 Å². The van der Waals surface area contributed by atoms with Crippen molar-refractivity contribution in [3.8, 4) is 11.5 Å². The maximum absolute atomic E-state index is 9.76. The Morgan fingerprint density at radius 3 is 2.50 bits per heavy atom. The SMILES string of the molecule is CC(C)C(O)CNc1cc2c(cc1N)OCCO2. The maximum Gasteiger partial charge on any atom is 0.163 e.